The first kappa shape index (κ1) is 21.7. The Bertz CT molecular complexity index is 1070. The number of hydrogen-bond donors (Lipinski definition) is 0. The van der Waals surface area contributed by atoms with Gasteiger partial charge in [-0.15, -0.1) is 0 Å². The molecule has 166 valence electrons. The molecule has 0 bridgehead atoms. The van der Waals surface area contributed by atoms with Crippen LogP contribution < -0.4 is 4.90 Å². The predicted octanol–water partition coefficient (Wildman–Crippen LogP) is 4.29. The van der Waals surface area contributed by atoms with Crippen LogP contribution >= 0.6 is 27.7 Å². The number of nitrogens with zero attached hydrogens (tertiary/aromatic N) is 2. The average Bonchev–Trinajstić information content (AvgIpc) is 3.25. The van der Waals surface area contributed by atoms with Gasteiger partial charge in [-0.2, -0.15) is 0 Å². The molecule has 3 aliphatic rings. The summed E-state index contributed by atoms with van der Waals surface area (Å²) in [4.78, 5) is 31.5. The molecule has 32 heavy (non-hydrogen) atoms. The van der Waals surface area contributed by atoms with Crippen molar-refractivity contribution >= 4 is 51.3 Å². The molecule has 2 amide bonds. The van der Waals surface area contributed by atoms with Crippen LogP contribution in [0.25, 0.3) is 6.08 Å². The number of benzene rings is 2. The smallest absolute Gasteiger partial charge is 0.265 e. The van der Waals surface area contributed by atoms with Gasteiger partial charge in [0.1, 0.15) is 6.54 Å². The number of halogens is 1. The summed E-state index contributed by atoms with van der Waals surface area (Å²) in [7, 11) is 0. The maximum atomic E-state index is 13.4. The van der Waals surface area contributed by atoms with Crippen LogP contribution in [0.5, 0.6) is 0 Å². The molecule has 0 atom stereocenters. The number of ether oxygens (including phenoxy) is 2. The van der Waals surface area contributed by atoms with Gasteiger partial charge in [-0.25, -0.2) is 0 Å². The number of amides is 2. The molecule has 2 fully saturated rings. The molecular weight excluding hydrogens is 492 g/mol. The van der Waals surface area contributed by atoms with Crippen molar-refractivity contribution in [2.24, 2.45) is 0 Å². The molecule has 0 unspecified atom stereocenters. The minimum Gasteiger partial charge on any atom is -0.347 e. The lowest BCUT2D eigenvalue weighted by Crippen LogP contribution is -2.51. The molecule has 3 heterocycles. The molecule has 8 heteroatoms. The monoisotopic (exact) mass is 514 g/mol. The van der Waals surface area contributed by atoms with Crippen LogP contribution in [-0.2, 0) is 19.1 Å². The molecular formula is C24H23BrN2O4S. The highest BCUT2D eigenvalue weighted by Gasteiger charge is 2.41. The van der Waals surface area contributed by atoms with E-state index in [1.807, 2.05) is 59.5 Å². The van der Waals surface area contributed by atoms with Gasteiger partial charge in [0.2, 0.25) is 5.91 Å². The van der Waals surface area contributed by atoms with Gasteiger partial charge >= 0.3 is 0 Å². The van der Waals surface area contributed by atoms with Crippen LogP contribution in [0.1, 0.15) is 18.4 Å². The molecule has 0 N–H and O–H groups in total. The first-order valence-electron chi connectivity index (χ1n) is 10.6. The summed E-state index contributed by atoms with van der Waals surface area (Å²) in [6, 6.07) is 15.5. The molecule has 0 aromatic heterocycles. The second-order valence-electron chi connectivity index (χ2n) is 8.01. The van der Waals surface area contributed by atoms with Crippen molar-refractivity contribution in [1.29, 1.82) is 0 Å². The van der Waals surface area contributed by atoms with E-state index in [1.165, 1.54) is 11.8 Å². The third-order valence-electron chi connectivity index (χ3n) is 5.96. The molecule has 0 radical (unpaired) electrons. The van der Waals surface area contributed by atoms with E-state index in [1.54, 1.807) is 4.90 Å². The van der Waals surface area contributed by atoms with Gasteiger partial charge in [-0.1, -0.05) is 52.0 Å². The molecule has 0 saturated carbocycles. The predicted molar refractivity (Wildman–Crippen MR) is 127 cm³/mol. The molecule has 6 nitrogen and oxygen atoms in total. The van der Waals surface area contributed by atoms with Crippen LogP contribution in [-0.4, -0.2) is 55.3 Å². The summed E-state index contributed by atoms with van der Waals surface area (Å²) >= 11 is 4.92. The van der Waals surface area contributed by atoms with Crippen LogP contribution in [0, 0.1) is 0 Å². The molecule has 0 aliphatic carbocycles. The van der Waals surface area contributed by atoms with Crippen molar-refractivity contribution in [2.75, 3.05) is 37.7 Å². The topological polar surface area (TPSA) is 59.1 Å². The zero-order valence-electron chi connectivity index (χ0n) is 17.5. The lowest BCUT2D eigenvalue weighted by atomic mass is 10.0. The lowest BCUT2D eigenvalue weighted by molar-refractivity contribution is -0.187. The van der Waals surface area contributed by atoms with E-state index >= 15 is 0 Å². The molecule has 1 spiro atoms. The number of rotatable bonds is 3. The van der Waals surface area contributed by atoms with Crippen molar-refractivity contribution in [3.05, 3.63) is 63.5 Å². The fraction of sp³-hybridized carbons (Fsp3) is 0.333. The summed E-state index contributed by atoms with van der Waals surface area (Å²) in [5.41, 5.74) is 1.71. The Morgan fingerprint density at radius 3 is 2.59 bits per heavy atom. The SMILES string of the molecule is O=C(CN1C(=O)/C(=C\c2cccc(Br)c2)Sc2ccccc21)N1CCC2(CC1)OCCO2. The van der Waals surface area contributed by atoms with Crippen molar-refractivity contribution in [2.45, 2.75) is 23.5 Å². The van der Waals surface area contributed by atoms with Gasteiger partial charge in [0.05, 0.1) is 23.8 Å². The number of carbonyl (C=O) groups is 2. The van der Waals surface area contributed by atoms with Gasteiger partial charge in [0.15, 0.2) is 5.79 Å². The molecule has 2 aromatic carbocycles. The average molecular weight is 515 g/mol. The maximum Gasteiger partial charge on any atom is 0.265 e. The number of piperidine rings is 1. The molecule has 2 saturated heterocycles. The highest BCUT2D eigenvalue weighted by molar-refractivity contribution is 9.10. The number of carbonyl (C=O) groups excluding carboxylic acids is 2. The zero-order valence-corrected chi connectivity index (χ0v) is 19.9. The second kappa shape index (κ2) is 9.02. The van der Waals surface area contributed by atoms with Crippen molar-refractivity contribution in [3.63, 3.8) is 0 Å². The Morgan fingerprint density at radius 2 is 1.84 bits per heavy atom. The summed E-state index contributed by atoms with van der Waals surface area (Å²) in [5, 5.41) is 0. The number of likely N-dealkylation sites (tertiary alicyclic amines) is 1. The van der Waals surface area contributed by atoms with E-state index in [-0.39, 0.29) is 18.4 Å². The number of hydrogen-bond acceptors (Lipinski definition) is 5. The third-order valence-corrected chi connectivity index (χ3v) is 7.53. The van der Waals surface area contributed by atoms with Crippen LogP contribution in [0.3, 0.4) is 0 Å². The highest BCUT2D eigenvalue weighted by Crippen LogP contribution is 2.42. The first-order chi connectivity index (χ1) is 15.5. The summed E-state index contributed by atoms with van der Waals surface area (Å²) < 4.78 is 12.5. The third kappa shape index (κ3) is 4.37. The summed E-state index contributed by atoms with van der Waals surface area (Å²) in [5.74, 6) is -0.742. The Hall–Kier alpha value is -2.13. The maximum absolute atomic E-state index is 13.4. The van der Waals surface area contributed by atoms with E-state index < -0.39 is 5.79 Å². The number of fused-ring (bicyclic) bond motifs is 1. The van der Waals surface area contributed by atoms with Gasteiger partial charge in [0.25, 0.3) is 5.91 Å². The number of para-hydroxylation sites is 1. The van der Waals surface area contributed by atoms with E-state index in [2.05, 4.69) is 15.9 Å². The Morgan fingerprint density at radius 1 is 1.09 bits per heavy atom. The van der Waals surface area contributed by atoms with E-state index in [0.717, 1.165) is 20.6 Å². The van der Waals surface area contributed by atoms with Gasteiger partial charge in [0, 0.05) is 35.3 Å². The second-order valence-corrected chi connectivity index (χ2v) is 10.0. The lowest BCUT2D eigenvalue weighted by Gasteiger charge is -2.38. The number of anilines is 1. The van der Waals surface area contributed by atoms with E-state index in [4.69, 9.17) is 9.47 Å². The molecule has 2 aromatic rings. The van der Waals surface area contributed by atoms with Crippen molar-refractivity contribution < 1.29 is 19.1 Å². The first-order valence-corrected chi connectivity index (χ1v) is 12.3. The Labute approximate surface area is 199 Å². The Balaban J connectivity index is 1.36. The van der Waals surface area contributed by atoms with E-state index in [0.29, 0.717) is 44.1 Å². The fourth-order valence-electron chi connectivity index (χ4n) is 4.28. The number of thioether (sulfide) groups is 1. The minimum atomic E-state index is -0.527. The van der Waals surface area contributed by atoms with Crippen molar-refractivity contribution in [1.82, 2.24) is 4.90 Å². The van der Waals surface area contributed by atoms with E-state index in [9.17, 15) is 9.59 Å². The van der Waals surface area contributed by atoms with Crippen LogP contribution in [0.2, 0.25) is 0 Å². The zero-order chi connectivity index (χ0) is 22.1. The largest absolute Gasteiger partial charge is 0.347 e. The standard InChI is InChI=1S/C24H23BrN2O4S/c25-18-5-3-4-17(14-18)15-21-23(29)27(19-6-1-2-7-20(19)32-21)16-22(28)26-10-8-24(9-11-26)30-12-13-31-24/h1-7,14-15H,8-13,16H2/b21-15+. The van der Waals surface area contributed by atoms with Gasteiger partial charge < -0.3 is 14.4 Å². The van der Waals surface area contributed by atoms with Crippen molar-refractivity contribution in [3.8, 4) is 0 Å². The van der Waals surface area contributed by atoms with Crippen LogP contribution in [0.4, 0.5) is 5.69 Å². The minimum absolute atomic E-state index is 0.0148. The Kier molecular flexibility index (Phi) is 6.11. The molecule has 5 rings (SSSR count). The summed E-state index contributed by atoms with van der Waals surface area (Å²) in [6.45, 7) is 2.37. The quantitative estimate of drug-likeness (QED) is 0.571. The van der Waals surface area contributed by atoms with Crippen LogP contribution in [0.15, 0.2) is 62.8 Å². The normalized spacial score (nSPS) is 21.3. The highest BCUT2D eigenvalue weighted by atomic mass is 79.9. The summed E-state index contributed by atoms with van der Waals surface area (Å²) in [6.07, 6.45) is 3.20. The van der Waals surface area contributed by atoms with Gasteiger partial charge in [-0.3, -0.25) is 14.5 Å². The van der Waals surface area contributed by atoms with Gasteiger partial charge in [-0.05, 0) is 35.9 Å². The fourth-order valence-corrected chi connectivity index (χ4v) is 5.76. The molecule has 3 aliphatic heterocycles.